The van der Waals surface area contributed by atoms with E-state index in [1.807, 2.05) is 31.4 Å². The van der Waals surface area contributed by atoms with Crippen LogP contribution in [0.15, 0.2) is 18.6 Å². The lowest BCUT2D eigenvalue weighted by atomic mass is 10.1. The van der Waals surface area contributed by atoms with Crippen molar-refractivity contribution in [2.24, 2.45) is 0 Å². The van der Waals surface area contributed by atoms with Gasteiger partial charge in [0, 0.05) is 32.2 Å². The van der Waals surface area contributed by atoms with E-state index in [0.717, 1.165) is 30.0 Å². The average Bonchev–Trinajstić information content (AvgIpc) is 2.98. The van der Waals surface area contributed by atoms with E-state index in [1.165, 1.54) is 0 Å². The summed E-state index contributed by atoms with van der Waals surface area (Å²) in [6.07, 6.45) is 4.13. The number of carbonyl (C=O) groups is 1. The van der Waals surface area contributed by atoms with E-state index in [2.05, 4.69) is 20.5 Å². The first-order chi connectivity index (χ1) is 11.0. The number of methoxy groups -OCH3 is 1. The van der Waals surface area contributed by atoms with Gasteiger partial charge in [0.25, 0.3) is 5.91 Å². The number of hydrogen-bond donors (Lipinski definition) is 1. The third-order valence-electron chi connectivity index (χ3n) is 3.73. The van der Waals surface area contributed by atoms with Crippen molar-refractivity contribution in [3.8, 4) is 0 Å². The molecule has 124 valence electrons. The van der Waals surface area contributed by atoms with Gasteiger partial charge >= 0.3 is 0 Å². The molecule has 23 heavy (non-hydrogen) atoms. The summed E-state index contributed by atoms with van der Waals surface area (Å²) in [6.45, 7) is 7.18. The highest BCUT2D eigenvalue weighted by Gasteiger charge is 2.17. The third kappa shape index (κ3) is 4.35. The SMILES string of the molecule is COCCCn1cnnc1[C@@H](C)NC(=O)c1cnc(C)c(C)c1. The second-order valence-corrected chi connectivity index (χ2v) is 5.55. The van der Waals surface area contributed by atoms with E-state index in [9.17, 15) is 4.79 Å². The van der Waals surface area contributed by atoms with Gasteiger partial charge < -0.3 is 14.6 Å². The zero-order valence-corrected chi connectivity index (χ0v) is 14.0. The van der Waals surface area contributed by atoms with E-state index in [-0.39, 0.29) is 11.9 Å². The zero-order chi connectivity index (χ0) is 16.8. The third-order valence-corrected chi connectivity index (χ3v) is 3.73. The Labute approximate surface area is 136 Å². The minimum absolute atomic E-state index is 0.167. The number of carbonyl (C=O) groups excluding carboxylic acids is 1. The quantitative estimate of drug-likeness (QED) is 0.788. The molecular weight excluding hydrogens is 294 g/mol. The lowest BCUT2D eigenvalue weighted by Crippen LogP contribution is -2.29. The maximum Gasteiger partial charge on any atom is 0.253 e. The normalized spacial score (nSPS) is 12.2. The Morgan fingerprint density at radius 1 is 1.43 bits per heavy atom. The fraction of sp³-hybridized carbons (Fsp3) is 0.500. The number of nitrogens with zero attached hydrogens (tertiary/aromatic N) is 4. The zero-order valence-electron chi connectivity index (χ0n) is 14.0. The van der Waals surface area contributed by atoms with Crippen LogP contribution in [0.5, 0.6) is 0 Å². The first kappa shape index (κ1) is 17.1. The lowest BCUT2D eigenvalue weighted by molar-refractivity contribution is 0.0937. The summed E-state index contributed by atoms with van der Waals surface area (Å²) in [5.74, 6) is 0.561. The van der Waals surface area contributed by atoms with Gasteiger partial charge in [-0.05, 0) is 38.8 Å². The second-order valence-electron chi connectivity index (χ2n) is 5.55. The molecule has 1 atom stereocenters. The first-order valence-electron chi connectivity index (χ1n) is 7.63. The Morgan fingerprint density at radius 3 is 2.91 bits per heavy atom. The molecule has 0 aromatic carbocycles. The largest absolute Gasteiger partial charge is 0.385 e. The molecule has 0 fully saturated rings. The average molecular weight is 317 g/mol. The van der Waals surface area contributed by atoms with Gasteiger partial charge in [0.2, 0.25) is 0 Å². The van der Waals surface area contributed by atoms with E-state index in [4.69, 9.17) is 4.74 Å². The Morgan fingerprint density at radius 2 is 2.22 bits per heavy atom. The summed E-state index contributed by atoms with van der Waals surface area (Å²) in [4.78, 5) is 16.6. The minimum Gasteiger partial charge on any atom is -0.385 e. The fourth-order valence-electron chi connectivity index (χ4n) is 2.26. The molecule has 0 radical (unpaired) electrons. The summed E-state index contributed by atoms with van der Waals surface area (Å²) in [7, 11) is 1.67. The predicted molar refractivity (Wildman–Crippen MR) is 86.1 cm³/mol. The van der Waals surface area contributed by atoms with Crippen LogP contribution in [0.3, 0.4) is 0 Å². The molecule has 1 N–H and O–H groups in total. The van der Waals surface area contributed by atoms with Gasteiger partial charge in [-0.1, -0.05) is 0 Å². The van der Waals surface area contributed by atoms with E-state index in [0.29, 0.717) is 12.2 Å². The molecule has 0 aliphatic carbocycles. The summed E-state index contributed by atoms with van der Waals surface area (Å²) >= 11 is 0. The topological polar surface area (TPSA) is 81.9 Å². The number of nitrogens with one attached hydrogen (secondary N) is 1. The van der Waals surface area contributed by atoms with Gasteiger partial charge in [0.05, 0.1) is 11.6 Å². The van der Waals surface area contributed by atoms with E-state index < -0.39 is 0 Å². The molecule has 2 rings (SSSR count). The van der Waals surface area contributed by atoms with Crippen molar-refractivity contribution in [3.05, 3.63) is 41.2 Å². The van der Waals surface area contributed by atoms with E-state index in [1.54, 1.807) is 19.6 Å². The lowest BCUT2D eigenvalue weighted by Gasteiger charge is -2.15. The number of aryl methyl sites for hydroxylation is 3. The molecule has 0 spiro atoms. The first-order valence-corrected chi connectivity index (χ1v) is 7.63. The van der Waals surface area contributed by atoms with Gasteiger partial charge in [-0.2, -0.15) is 0 Å². The number of hydrogen-bond acceptors (Lipinski definition) is 5. The molecule has 2 aromatic heterocycles. The van der Waals surface area contributed by atoms with Crippen molar-refractivity contribution in [2.75, 3.05) is 13.7 Å². The predicted octanol–water partition coefficient (Wildman–Crippen LogP) is 1.82. The molecule has 0 aliphatic rings. The molecule has 1 amide bonds. The minimum atomic E-state index is -0.242. The number of ether oxygens (including phenoxy) is 1. The van der Waals surface area contributed by atoms with Crippen LogP contribution in [0.25, 0.3) is 0 Å². The highest BCUT2D eigenvalue weighted by Crippen LogP contribution is 2.12. The second kappa shape index (κ2) is 7.82. The van der Waals surface area contributed by atoms with Gasteiger partial charge in [0.15, 0.2) is 5.82 Å². The fourth-order valence-corrected chi connectivity index (χ4v) is 2.26. The van der Waals surface area contributed by atoms with Crippen LogP contribution in [0.2, 0.25) is 0 Å². The Balaban J connectivity index is 2.03. The van der Waals surface area contributed by atoms with Gasteiger partial charge in [-0.3, -0.25) is 9.78 Å². The molecule has 0 bridgehead atoms. The summed E-state index contributed by atoms with van der Waals surface area (Å²) in [6, 6.07) is 1.60. The van der Waals surface area contributed by atoms with Crippen molar-refractivity contribution in [3.63, 3.8) is 0 Å². The van der Waals surface area contributed by atoms with Crippen LogP contribution in [-0.4, -0.2) is 39.4 Å². The Bertz CT molecular complexity index is 668. The number of aromatic nitrogens is 4. The van der Waals surface area contributed by atoms with Crippen LogP contribution in [0.1, 0.15) is 46.8 Å². The number of pyridine rings is 1. The standard InChI is InChI=1S/C16H23N5O2/c1-11-8-14(9-17-12(11)2)16(22)19-13(3)15-20-18-10-21(15)6-5-7-23-4/h8-10,13H,5-7H2,1-4H3,(H,19,22)/t13-/m1/s1. The highest BCUT2D eigenvalue weighted by atomic mass is 16.5. The van der Waals surface area contributed by atoms with Crippen LogP contribution < -0.4 is 5.32 Å². The maximum atomic E-state index is 12.4. The molecule has 7 nitrogen and oxygen atoms in total. The van der Waals surface area contributed by atoms with Crippen molar-refractivity contribution in [2.45, 2.75) is 39.8 Å². The monoisotopic (exact) mass is 317 g/mol. The summed E-state index contributed by atoms with van der Waals surface area (Å²) in [5, 5.41) is 11.0. The Kier molecular flexibility index (Phi) is 5.81. The van der Waals surface area contributed by atoms with Crippen LogP contribution >= 0.6 is 0 Å². The maximum absolute atomic E-state index is 12.4. The molecule has 7 heteroatoms. The van der Waals surface area contributed by atoms with Crippen molar-refractivity contribution < 1.29 is 9.53 Å². The van der Waals surface area contributed by atoms with Crippen LogP contribution in [0, 0.1) is 13.8 Å². The van der Waals surface area contributed by atoms with Crippen LogP contribution in [0.4, 0.5) is 0 Å². The number of rotatable bonds is 7. The molecule has 2 heterocycles. The highest BCUT2D eigenvalue weighted by molar-refractivity contribution is 5.94. The van der Waals surface area contributed by atoms with Gasteiger partial charge in [-0.15, -0.1) is 10.2 Å². The summed E-state index contributed by atoms with van der Waals surface area (Å²) in [5.41, 5.74) is 2.46. The van der Waals surface area contributed by atoms with Gasteiger partial charge in [-0.25, -0.2) is 0 Å². The van der Waals surface area contributed by atoms with Gasteiger partial charge in [0.1, 0.15) is 6.33 Å². The number of amides is 1. The van der Waals surface area contributed by atoms with Crippen molar-refractivity contribution in [1.29, 1.82) is 0 Å². The molecule has 0 unspecified atom stereocenters. The molecular formula is C16H23N5O2. The molecule has 0 saturated heterocycles. The van der Waals surface area contributed by atoms with Crippen molar-refractivity contribution in [1.82, 2.24) is 25.1 Å². The van der Waals surface area contributed by atoms with Crippen LogP contribution in [-0.2, 0) is 11.3 Å². The summed E-state index contributed by atoms with van der Waals surface area (Å²) < 4.78 is 6.99. The molecule has 2 aromatic rings. The Hall–Kier alpha value is -2.28. The van der Waals surface area contributed by atoms with Crippen molar-refractivity contribution >= 4 is 5.91 Å². The molecule has 0 aliphatic heterocycles. The molecule has 0 saturated carbocycles. The smallest absolute Gasteiger partial charge is 0.253 e. The van der Waals surface area contributed by atoms with E-state index >= 15 is 0 Å².